The highest BCUT2D eigenvalue weighted by Gasteiger charge is 2.29. The standard InChI is InChI=1S/C7H11NO5/c1-3(9)4(2-5(10)11)6(8)7(12)13/h4,6H,2,8H2,1H3,(H,10,11)(H,12,13). The van der Waals surface area contributed by atoms with Crippen LogP contribution < -0.4 is 5.73 Å². The molecule has 0 aliphatic heterocycles. The third-order valence-corrected chi connectivity index (χ3v) is 1.64. The highest BCUT2D eigenvalue weighted by Crippen LogP contribution is 2.09. The maximum absolute atomic E-state index is 10.8. The fourth-order valence-electron chi connectivity index (χ4n) is 0.884. The summed E-state index contributed by atoms with van der Waals surface area (Å²) in [7, 11) is 0. The molecule has 13 heavy (non-hydrogen) atoms. The molecule has 0 aliphatic carbocycles. The molecule has 0 aromatic heterocycles. The summed E-state index contributed by atoms with van der Waals surface area (Å²) in [5, 5.41) is 16.8. The Balaban J connectivity index is 4.51. The second-order valence-corrected chi connectivity index (χ2v) is 2.68. The van der Waals surface area contributed by atoms with Crippen molar-refractivity contribution in [1.82, 2.24) is 0 Å². The molecule has 0 bridgehead atoms. The van der Waals surface area contributed by atoms with Crippen LogP contribution in [-0.2, 0) is 14.4 Å². The monoisotopic (exact) mass is 189 g/mol. The van der Waals surface area contributed by atoms with Gasteiger partial charge in [-0.05, 0) is 6.92 Å². The predicted molar refractivity (Wildman–Crippen MR) is 42.0 cm³/mol. The second-order valence-electron chi connectivity index (χ2n) is 2.68. The van der Waals surface area contributed by atoms with Crippen molar-refractivity contribution in [1.29, 1.82) is 0 Å². The summed E-state index contributed by atoms with van der Waals surface area (Å²) in [4.78, 5) is 31.4. The van der Waals surface area contributed by atoms with Gasteiger partial charge in [0, 0.05) is 0 Å². The number of carboxylic acids is 2. The number of nitrogens with two attached hydrogens (primary N) is 1. The lowest BCUT2D eigenvalue weighted by Crippen LogP contribution is -2.42. The molecule has 0 aliphatic rings. The molecule has 4 N–H and O–H groups in total. The summed E-state index contributed by atoms with van der Waals surface area (Å²) < 4.78 is 0. The van der Waals surface area contributed by atoms with Gasteiger partial charge >= 0.3 is 11.9 Å². The predicted octanol–water partition coefficient (Wildman–Crippen LogP) is -0.922. The van der Waals surface area contributed by atoms with Gasteiger partial charge in [-0.3, -0.25) is 14.4 Å². The van der Waals surface area contributed by atoms with E-state index in [0.29, 0.717) is 0 Å². The first-order valence-electron chi connectivity index (χ1n) is 3.57. The Morgan fingerprint density at radius 3 is 2.00 bits per heavy atom. The molecule has 2 atom stereocenters. The number of ketones is 1. The molecule has 0 saturated heterocycles. The summed E-state index contributed by atoms with van der Waals surface area (Å²) in [5.41, 5.74) is 5.13. The van der Waals surface area contributed by atoms with Crippen molar-refractivity contribution in [3.63, 3.8) is 0 Å². The van der Waals surface area contributed by atoms with Crippen molar-refractivity contribution < 1.29 is 24.6 Å². The van der Waals surface area contributed by atoms with Gasteiger partial charge in [-0.15, -0.1) is 0 Å². The number of rotatable bonds is 5. The second kappa shape index (κ2) is 4.56. The van der Waals surface area contributed by atoms with Crippen molar-refractivity contribution in [2.75, 3.05) is 0 Å². The van der Waals surface area contributed by atoms with E-state index in [0.717, 1.165) is 6.92 Å². The van der Waals surface area contributed by atoms with Crippen molar-refractivity contribution in [3.05, 3.63) is 0 Å². The van der Waals surface area contributed by atoms with Crippen LogP contribution in [0.2, 0.25) is 0 Å². The van der Waals surface area contributed by atoms with Crippen LogP contribution in [0.15, 0.2) is 0 Å². The van der Waals surface area contributed by atoms with E-state index in [1.165, 1.54) is 0 Å². The SMILES string of the molecule is CC(=O)C(CC(=O)O)C(N)C(=O)O. The number of Topliss-reactive ketones (excluding diaryl/α,β-unsaturated/α-hetero) is 1. The smallest absolute Gasteiger partial charge is 0.321 e. The fraction of sp³-hybridized carbons (Fsp3) is 0.571. The van der Waals surface area contributed by atoms with Gasteiger partial charge < -0.3 is 15.9 Å². The van der Waals surface area contributed by atoms with Gasteiger partial charge in [0.2, 0.25) is 0 Å². The number of hydrogen-bond acceptors (Lipinski definition) is 4. The van der Waals surface area contributed by atoms with E-state index in [2.05, 4.69) is 0 Å². The molecule has 0 aromatic carbocycles. The lowest BCUT2D eigenvalue weighted by molar-refractivity contribution is -0.145. The Hall–Kier alpha value is -1.43. The number of carbonyl (C=O) groups excluding carboxylic acids is 1. The van der Waals surface area contributed by atoms with Crippen LogP contribution in [0.1, 0.15) is 13.3 Å². The van der Waals surface area contributed by atoms with E-state index >= 15 is 0 Å². The quantitative estimate of drug-likeness (QED) is 0.514. The van der Waals surface area contributed by atoms with E-state index in [9.17, 15) is 14.4 Å². The van der Waals surface area contributed by atoms with E-state index < -0.39 is 36.1 Å². The molecule has 0 amide bonds. The highest BCUT2D eigenvalue weighted by atomic mass is 16.4. The fourth-order valence-corrected chi connectivity index (χ4v) is 0.884. The topological polar surface area (TPSA) is 118 Å². The Bertz CT molecular complexity index is 237. The first-order chi connectivity index (χ1) is 5.86. The van der Waals surface area contributed by atoms with Crippen molar-refractivity contribution in [3.8, 4) is 0 Å². The molecular formula is C7H11NO5. The van der Waals surface area contributed by atoms with Crippen LogP contribution >= 0.6 is 0 Å². The van der Waals surface area contributed by atoms with E-state index in [4.69, 9.17) is 15.9 Å². The average Bonchev–Trinajstić information content (AvgIpc) is 1.97. The van der Waals surface area contributed by atoms with Gasteiger partial charge in [0.25, 0.3) is 0 Å². The van der Waals surface area contributed by atoms with Gasteiger partial charge in [0.1, 0.15) is 11.8 Å². The number of aliphatic carboxylic acids is 2. The molecule has 2 unspecified atom stereocenters. The summed E-state index contributed by atoms with van der Waals surface area (Å²) >= 11 is 0. The molecular weight excluding hydrogens is 178 g/mol. The number of carboxylic acid groups (broad SMARTS) is 2. The maximum atomic E-state index is 10.8. The minimum absolute atomic E-state index is 0.530. The van der Waals surface area contributed by atoms with Crippen molar-refractivity contribution >= 4 is 17.7 Å². The molecule has 0 spiro atoms. The minimum Gasteiger partial charge on any atom is -0.481 e. The van der Waals surface area contributed by atoms with Gasteiger partial charge in [0.05, 0.1) is 12.3 Å². The average molecular weight is 189 g/mol. The van der Waals surface area contributed by atoms with Gasteiger partial charge in [-0.1, -0.05) is 0 Å². The Morgan fingerprint density at radius 2 is 1.77 bits per heavy atom. The van der Waals surface area contributed by atoms with Gasteiger partial charge in [-0.25, -0.2) is 0 Å². The van der Waals surface area contributed by atoms with Crippen LogP contribution in [0, 0.1) is 5.92 Å². The van der Waals surface area contributed by atoms with E-state index in [-0.39, 0.29) is 0 Å². The number of carbonyl (C=O) groups is 3. The lowest BCUT2D eigenvalue weighted by Gasteiger charge is -2.15. The first-order valence-corrected chi connectivity index (χ1v) is 3.57. The van der Waals surface area contributed by atoms with Crippen LogP contribution in [0.25, 0.3) is 0 Å². The Morgan fingerprint density at radius 1 is 1.31 bits per heavy atom. The van der Waals surface area contributed by atoms with Gasteiger partial charge in [0.15, 0.2) is 0 Å². The van der Waals surface area contributed by atoms with Gasteiger partial charge in [-0.2, -0.15) is 0 Å². The highest BCUT2D eigenvalue weighted by molar-refractivity contribution is 5.89. The van der Waals surface area contributed by atoms with Crippen molar-refractivity contribution in [2.45, 2.75) is 19.4 Å². The first kappa shape index (κ1) is 11.6. The third kappa shape index (κ3) is 3.66. The lowest BCUT2D eigenvalue weighted by atomic mass is 9.93. The molecule has 0 aromatic rings. The summed E-state index contributed by atoms with van der Waals surface area (Å²) in [6.07, 6.45) is -0.553. The third-order valence-electron chi connectivity index (χ3n) is 1.64. The van der Waals surface area contributed by atoms with Crippen LogP contribution in [0.3, 0.4) is 0 Å². The minimum atomic E-state index is -1.45. The van der Waals surface area contributed by atoms with E-state index in [1.54, 1.807) is 0 Å². The molecule has 0 rings (SSSR count). The summed E-state index contributed by atoms with van der Waals surface area (Å²) in [5.74, 6) is -4.30. The molecule has 0 radical (unpaired) electrons. The molecule has 74 valence electrons. The van der Waals surface area contributed by atoms with Crippen LogP contribution in [0.5, 0.6) is 0 Å². The molecule has 0 saturated carbocycles. The number of hydrogen-bond donors (Lipinski definition) is 3. The van der Waals surface area contributed by atoms with Crippen molar-refractivity contribution in [2.24, 2.45) is 11.7 Å². The van der Waals surface area contributed by atoms with Crippen LogP contribution in [0.4, 0.5) is 0 Å². The van der Waals surface area contributed by atoms with E-state index in [1.807, 2.05) is 0 Å². The Kier molecular flexibility index (Phi) is 4.06. The largest absolute Gasteiger partial charge is 0.481 e. The Labute approximate surface area is 74.3 Å². The normalized spacial score (nSPS) is 14.6. The molecule has 0 heterocycles. The molecule has 0 fully saturated rings. The molecule has 6 heteroatoms. The zero-order valence-corrected chi connectivity index (χ0v) is 7.06. The van der Waals surface area contributed by atoms with Crippen LogP contribution in [-0.4, -0.2) is 34.0 Å². The zero-order chi connectivity index (χ0) is 10.6. The zero-order valence-electron chi connectivity index (χ0n) is 7.06. The molecule has 6 nitrogen and oxygen atoms in total. The summed E-state index contributed by atoms with van der Waals surface area (Å²) in [6.45, 7) is 1.12. The maximum Gasteiger partial charge on any atom is 0.321 e. The summed E-state index contributed by atoms with van der Waals surface area (Å²) in [6, 6.07) is -1.45.